The molecular formula is C19H31BrN4O. The van der Waals surface area contributed by atoms with Gasteiger partial charge < -0.3 is 5.32 Å². The molecule has 6 heteroatoms. The predicted molar refractivity (Wildman–Crippen MR) is 104 cm³/mol. The second-order valence-electron chi connectivity index (χ2n) is 7.97. The SMILES string of the molecule is CC(C)c1[nH]nc(C(=O)NCC2(N3CCCCC3)CCCCC2)c1Br. The lowest BCUT2D eigenvalue weighted by Crippen LogP contribution is -2.58. The van der Waals surface area contributed by atoms with Gasteiger partial charge in [-0.25, -0.2) is 0 Å². The van der Waals surface area contributed by atoms with Crippen LogP contribution in [-0.2, 0) is 0 Å². The summed E-state index contributed by atoms with van der Waals surface area (Å²) in [6.45, 7) is 7.28. The molecule has 1 aromatic rings. The average molecular weight is 411 g/mol. The number of rotatable bonds is 5. The summed E-state index contributed by atoms with van der Waals surface area (Å²) in [5, 5.41) is 10.4. The Morgan fingerprint density at radius 1 is 1.20 bits per heavy atom. The number of carbonyl (C=O) groups excluding carboxylic acids is 1. The molecule has 0 bridgehead atoms. The number of nitrogens with one attached hydrogen (secondary N) is 2. The fourth-order valence-corrected chi connectivity index (χ4v) is 5.20. The highest BCUT2D eigenvalue weighted by Gasteiger charge is 2.38. The standard InChI is InChI=1S/C19H31BrN4O/c1-14(2)16-15(20)17(23-22-16)18(25)21-13-19(9-5-3-6-10-19)24-11-7-4-8-12-24/h14H,3-13H2,1-2H3,(H,21,25)(H,22,23). The molecule has 2 fully saturated rings. The van der Waals surface area contributed by atoms with E-state index in [2.05, 4.69) is 50.2 Å². The number of halogens is 1. The summed E-state index contributed by atoms with van der Waals surface area (Å²) in [6, 6.07) is 0. The van der Waals surface area contributed by atoms with Gasteiger partial charge in [0, 0.05) is 12.1 Å². The van der Waals surface area contributed by atoms with Crippen LogP contribution in [0.4, 0.5) is 0 Å². The van der Waals surface area contributed by atoms with Crippen molar-refractivity contribution in [1.29, 1.82) is 0 Å². The van der Waals surface area contributed by atoms with Crippen molar-refractivity contribution in [3.63, 3.8) is 0 Å². The minimum atomic E-state index is -0.0722. The monoisotopic (exact) mass is 410 g/mol. The van der Waals surface area contributed by atoms with E-state index in [0.717, 1.165) is 16.7 Å². The Balaban J connectivity index is 1.69. The van der Waals surface area contributed by atoms with Crippen LogP contribution in [0.2, 0.25) is 0 Å². The highest BCUT2D eigenvalue weighted by atomic mass is 79.9. The first-order valence-electron chi connectivity index (χ1n) is 9.80. The lowest BCUT2D eigenvalue weighted by Gasteiger charge is -2.48. The zero-order chi connectivity index (χ0) is 17.9. The number of H-pyrrole nitrogens is 1. The van der Waals surface area contributed by atoms with Gasteiger partial charge in [-0.05, 0) is 60.6 Å². The molecule has 1 amide bonds. The summed E-state index contributed by atoms with van der Waals surface area (Å²) < 4.78 is 0.802. The number of hydrogen-bond acceptors (Lipinski definition) is 3. The minimum absolute atomic E-state index is 0.0722. The van der Waals surface area contributed by atoms with E-state index in [1.807, 2.05) is 0 Å². The van der Waals surface area contributed by atoms with E-state index in [1.165, 1.54) is 64.5 Å². The molecule has 3 rings (SSSR count). The summed E-state index contributed by atoms with van der Waals surface area (Å²) in [5.74, 6) is 0.235. The zero-order valence-corrected chi connectivity index (χ0v) is 17.1. The molecule has 1 saturated heterocycles. The van der Waals surface area contributed by atoms with Gasteiger partial charge in [0.15, 0.2) is 5.69 Å². The maximum absolute atomic E-state index is 12.7. The molecule has 2 heterocycles. The van der Waals surface area contributed by atoms with Gasteiger partial charge in [0.2, 0.25) is 0 Å². The molecule has 1 aliphatic carbocycles. The van der Waals surface area contributed by atoms with Crippen molar-refractivity contribution in [2.45, 2.75) is 76.7 Å². The van der Waals surface area contributed by atoms with Gasteiger partial charge in [0.1, 0.15) is 0 Å². The van der Waals surface area contributed by atoms with Crippen molar-refractivity contribution < 1.29 is 4.79 Å². The number of carbonyl (C=O) groups is 1. The van der Waals surface area contributed by atoms with Crippen LogP contribution in [0.1, 0.15) is 87.3 Å². The Kier molecular flexibility index (Phi) is 6.21. The highest BCUT2D eigenvalue weighted by Crippen LogP contribution is 2.35. The van der Waals surface area contributed by atoms with Gasteiger partial charge in [-0.1, -0.05) is 39.5 Å². The molecule has 25 heavy (non-hydrogen) atoms. The summed E-state index contributed by atoms with van der Waals surface area (Å²) in [6.07, 6.45) is 10.2. The number of likely N-dealkylation sites (tertiary alicyclic amines) is 1. The lowest BCUT2D eigenvalue weighted by molar-refractivity contribution is 0.0326. The summed E-state index contributed by atoms with van der Waals surface area (Å²) >= 11 is 3.54. The largest absolute Gasteiger partial charge is 0.349 e. The Morgan fingerprint density at radius 3 is 2.44 bits per heavy atom. The maximum Gasteiger partial charge on any atom is 0.273 e. The normalized spacial score (nSPS) is 21.4. The van der Waals surface area contributed by atoms with Crippen LogP contribution in [0.5, 0.6) is 0 Å². The second-order valence-corrected chi connectivity index (χ2v) is 8.76. The number of piperidine rings is 1. The minimum Gasteiger partial charge on any atom is -0.349 e. The molecule has 1 saturated carbocycles. The number of aromatic amines is 1. The van der Waals surface area contributed by atoms with Crippen molar-refractivity contribution in [2.75, 3.05) is 19.6 Å². The first-order valence-corrected chi connectivity index (χ1v) is 10.6. The van der Waals surface area contributed by atoms with Gasteiger partial charge >= 0.3 is 0 Å². The first-order chi connectivity index (χ1) is 12.0. The van der Waals surface area contributed by atoms with E-state index < -0.39 is 0 Å². The Morgan fingerprint density at radius 2 is 1.84 bits per heavy atom. The third kappa shape index (κ3) is 4.11. The second kappa shape index (κ2) is 8.21. The maximum atomic E-state index is 12.7. The van der Waals surface area contributed by atoms with Crippen LogP contribution in [0.3, 0.4) is 0 Å². The van der Waals surface area contributed by atoms with Crippen LogP contribution in [0.15, 0.2) is 4.47 Å². The molecule has 0 atom stereocenters. The van der Waals surface area contributed by atoms with E-state index in [0.29, 0.717) is 11.6 Å². The fraction of sp³-hybridized carbons (Fsp3) is 0.789. The van der Waals surface area contributed by atoms with Gasteiger partial charge in [-0.3, -0.25) is 14.8 Å². The van der Waals surface area contributed by atoms with Crippen LogP contribution in [0, 0.1) is 0 Å². The van der Waals surface area contributed by atoms with Crippen molar-refractivity contribution in [1.82, 2.24) is 20.4 Å². The fourth-order valence-electron chi connectivity index (χ4n) is 4.39. The number of aromatic nitrogens is 2. The smallest absolute Gasteiger partial charge is 0.273 e. The van der Waals surface area contributed by atoms with Crippen molar-refractivity contribution in [3.8, 4) is 0 Å². The summed E-state index contributed by atoms with van der Waals surface area (Å²) in [5.41, 5.74) is 1.61. The molecule has 0 aromatic carbocycles. The van der Waals surface area contributed by atoms with Gasteiger partial charge in [0.05, 0.1) is 10.2 Å². The molecule has 2 N–H and O–H groups in total. The number of nitrogens with zero attached hydrogens (tertiary/aromatic N) is 2. The van der Waals surface area contributed by atoms with E-state index in [1.54, 1.807) is 0 Å². The summed E-state index contributed by atoms with van der Waals surface area (Å²) in [7, 11) is 0. The molecule has 2 aliphatic rings. The number of amides is 1. The van der Waals surface area contributed by atoms with Gasteiger partial charge in [0.25, 0.3) is 5.91 Å². The van der Waals surface area contributed by atoms with E-state index >= 15 is 0 Å². The molecule has 5 nitrogen and oxygen atoms in total. The molecule has 140 valence electrons. The van der Waals surface area contributed by atoms with Crippen LogP contribution in [-0.4, -0.2) is 46.2 Å². The third-order valence-electron chi connectivity index (χ3n) is 5.91. The van der Waals surface area contributed by atoms with Crippen LogP contribution < -0.4 is 5.32 Å². The van der Waals surface area contributed by atoms with Crippen LogP contribution >= 0.6 is 15.9 Å². The predicted octanol–water partition coefficient (Wildman–Crippen LogP) is 4.21. The topological polar surface area (TPSA) is 61.0 Å². The molecule has 0 spiro atoms. The molecular weight excluding hydrogens is 380 g/mol. The van der Waals surface area contributed by atoms with E-state index in [9.17, 15) is 4.79 Å². The van der Waals surface area contributed by atoms with Crippen molar-refractivity contribution in [2.24, 2.45) is 0 Å². The zero-order valence-electron chi connectivity index (χ0n) is 15.5. The Hall–Kier alpha value is -0.880. The third-order valence-corrected chi connectivity index (χ3v) is 6.72. The Bertz CT molecular complexity index is 586. The van der Waals surface area contributed by atoms with Crippen molar-refractivity contribution in [3.05, 3.63) is 15.9 Å². The molecule has 0 radical (unpaired) electrons. The Labute approximate surface area is 159 Å². The quantitative estimate of drug-likeness (QED) is 0.763. The van der Waals surface area contributed by atoms with E-state index in [-0.39, 0.29) is 11.4 Å². The molecule has 1 aromatic heterocycles. The molecule has 0 unspecified atom stereocenters. The molecule has 1 aliphatic heterocycles. The highest BCUT2D eigenvalue weighted by molar-refractivity contribution is 9.10. The van der Waals surface area contributed by atoms with Crippen LogP contribution in [0.25, 0.3) is 0 Å². The van der Waals surface area contributed by atoms with E-state index in [4.69, 9.17) is 0 Å². The average Bonchev–Trinajstić information content (AvgIpc) is 3.03. The number of hydrogen-bond donors (Lipinski definition) is 2. The lowest BCUT2D eigenvalue weighted by atomic mass is 9.79. The van der Waals surface area contributed by atoms with Gasteiger partial charge in [-0.2, -0.15) is 5.10 Å². The summed E-state index contributed by atoms with van der Waals surface area (Å²) in [4.78, 5) is 15.4. The van der Waals surface area contributed by atoms with Crippen molar-refractivity contribution >= 4 is 21.8 Å². The van der Waals surface area contributed by atoms with Gasteiger partial charge in [-0.15, -0.1) is 0 Å². The first kappa shape index (κ1) is 18.9.